The van der Waals surface area contributed by atoms with E-state index >= 15 is 0 Å². The topological polar surface area (TPSA) is 6.48 Å². The van der Waals surface area contributed by atoms with Crippen molar-refractivity contribution >= 4 is 0 Å². The van der Waals surface area contributed by atoms with Crippen molar-refractivity contribution in [1.82, 2.24) is 9.80 Å². The molecule has 2 saturated heterocycles. The van der Waals surface area contributed by atoms with Crippen molar-refractivity contribution in [1.29, 1.82) is 0 Å². The van der Waals surface area contributed by atoms with Crippen LogP contribution in [0.4, 0.5) is 0 Å². The maximum Gasteiger partial charge on any atom is 0.0252 e. The highest BCUT2D eigenvalue weighted by Gasteiger charge is 2.36. The second kappa shape index (κ2) is 9.04. The van der Waals surface area contributed by atoms with Crippen LogP contribution >= 0.6 is 0 Å². The molecule has 2 rings (SSSR count). The van der Waals surface area contributed by atoms with Crippen LogP contribution in [0.1, 0.15) is 78.1 Å². The second-order valence-corrected chi connectivity index (χ2v) is 6.91. The Kier molecular flexibility index (Phi) is 7.37. The summed E-state index contributed by atoms with van der Waals surface area (Å²) in [5.74, 6) is 0. The average Bonchev–Trinajstić information content (AvgIpc) is 3.08. The normalized spacial score (nSPS) is 28.5. The summed E-state index contributed by atoms with van der Waals surface area (Å²) in [7, 11) is 0. The third-order valence-electron chi connectivity index (χ3n) is 5.37. The van der Waals surface area contributed by atoms with Crippen molar-refractivity contribution < 1.29 is 0 Å². The smallest absolute Gasteiger partial charge is 0.0252 e. The van der Waals surface area contributed by atoms with E-state index < -0.39 is 0 Å². The summed E-state index contributed by atoms with van der Waals surface area (Å²) in [5.41, 5.74) is 0. The molecule has 1 unspecified atom stereocenters. The monoisotopic (exact) mass is 280 g/mol. The van der Waals surface area contributed by atoms with Crippen LogP contribution in [0.25, 0.3) is 0 Å². The highest BCUT2D eigenvalue weighted by molar-refractivity contribution is 4.93. The van der Waals surface area contributed by atoms with Gasteiger partial charge in [0.15, 0.2) is 0 Å². The first-order valence-electron chi connectivity index (χ1n) is 9.35. The lowest BCUT2D eigenvalue weighted by Crippen LogP contribution is -2.46. The molecule has 2 aliphatic rings. The number of likely N-dealkylation sites (tertiary alicyclic amines) is 2. The molecule has 0 N–H and O–H groups in total. The quantitative estimate of drug-likeness (QED) is 0.581. The lowest BCUT2D eigenvalue weighted by atomic mass is 10.0. The highest BCUT2D eigenvalue weighted by Crippen LogP contribution is 2.30. The Morgan fingerprint density at radius 1 is 0.700 bits per heavy atom. The summed E-state index contributed by atoms with van der Waals surface area (Å²) in [6.45, 7) is 10.1. The molecule has 0 amide bonds. The van der Waals surface area contributed by atoms with Crippen LogP contribution in [0.2, 0.25) is 0 Å². The molecule has 0 radical (unpaired) electrons. The molecule has 0 saturated carbocycles. The summed E-state index contributed by atoms with van der Waals surface area (Å²) in [6, 6.07) is 1.77. The fourth-order valence-electron chi connectivity index (χ4n) is 4.26. The predicted octanol–water partition coefficient (Wildman–Crippen LogP) is 4.30. The van der Waals surface area contributed by atoms with Crippen molar-refractivity contribution in [3.05, 3.63) is 0 Å². The van der Waals surface area contributed by atoms with E-state index in [9.17, 15) is 0 Å². The molecule has 2 heteroatoms. The van der Waals surface area contributed by atoms with Gasteiger partial charge >= 0.3 is 0 Å². The maximum atomic E-state index is 2.83. The summed E-state index contributed by atoms with van der Waals surface area (Å²) < 4.78 is 0. The van der Waals surface area contributed by atoms with E-state index in [1.54, 1.807) is 0 Å². The van der Waals surface area contributed by atoms with Crippen LogP contribution in [0, 0.1) is 0 Å². The Morgan fingerprint density at radius 3 is 1.55 bits per heavy atom. The van der Waals surface area contributed by atoms with E-state index in [2.05, 4.69) is 23.6 Å². The van der Waals surface area contributed by atoms with Gasteiger partial charge < -0.3 is 0 Å². The Bertz CT molecular complexity index is 228. The molecule has 0 aromatic carbocycles. The lowest BCUT2D eigenvalue weighted by molar-refractivity contribution is 0.131. The standard InChI is InChI=1S/C18H36N2/c1-3-5-7-13-19-15-9-11-17(19)18-12-10-16-20(18)14-8-6-4-2/h17-18H,3-16H2,1-2H3/t17-,18?/m0/s1. The van der Waals surface area contributed by atoms with Gasteiger partial charge in [0.2, 0.25) is 0 Å². The second-order valence-electron chi connectivity index (χ2n) is 6.91. The summed E-state index contributed by atoms with van der Waals surface area (Å²) in [5, 5.41) is 0. The number of nitrogens with zero attached hydrogens (tertiary/aromatic N) is 2. The molecule has 0 spiro atoms. The maximum absolute atomic E-state index is 2.83. The number of unbranched alkanes of at least 4 members (excludes halogenated alkanes) is 4. The van der Waals surface area contributed by atoms with Crippen LogP contribution in [0.3, 0.4) is 0 Å². The molecule has 0 aromatic rings. The third-order valence-corrected chi connectivity index (χ3v) is 5.37. The number of hydrogen-bond donors (Lipinski definition) is 0. The number of hydrogen-bond acceptors (Lipinski definition) is 2. The zero-order valence-electron chi connectivity index (χ0n) is 13.9. The van der Waals surface area contributed by atoms with Gasteiger partial charge in [-0.2, -0.15) is 0 Å². The minimum Gasteiger partial charge on any atom is -0.299 e. The van der Waals surface area contributed by atoms with Crippen LogP contribution < -0.4 is 0 Å². The molecule has 2 atom stereocenters. The largest absolute Gasteiger partial charge is 0.299 e. The van der Waals surface area contributed by atoms with Crippen molar-refractivity contribution in [2.45, 2.75) is 90.1 Å². The van der Waals surface area contributed by atoms with Gasteiger partial charge in [0.1, 0.15) is 0 Å². The summed E-state index contributed by atoms with van der Waals surface area (Å²) in [6.07, 6.45) is 14.2. The molecule has 0 bridgehead atoms. The van der Waals surface area contributed by atoms with E-state index in [1.165, 1.54) is 90.4 Å². The Labute approximate surface area is 126 Å². The molecular weight excluding hydrogens is 244 g/mol. The first-order valence-corrected chi connectivity index (χ1v) is 9.35. The van der Waals surface area contributed by atoms with E-state index in [-0.39, 0.29) is 0 Å². The predicted molar refractivity (Wildman–Crippen MR) is 88.2 cm³/mol. The van der Waals surface area contributed by atoms with Crippen LogP contribution in [0.15, 0.2) is 0 Å². The van der Waals surface area contributed by atoms with Crippen molar-refractivity contribution in [3.63, 3.8) is 0 Å². The molecule has 2 fully saturated rings. The average molecular weight is 280 g/mol. The van der Waals surface area contributed by atoms with Gasteiger partial charge in [-0.25, -0.2) is 0 Å². The fourth-order valence-corrected chi connectivity index (χ4v) is 4.26. The molecule has 2 heterocycles. The SMILES string of the molecule is CCCCCN1CCCC1[C@@H]1CCCN1CCCCC. The minimum atomic E-state index is 0.885. The fraction of sp³-hybridized carbons (Fsp3) is 1.00. The van der Waals surface area contributed by atoms with Crippen molar-refractivity contribution in [2.24, 2.45) is 0 Å². The van der Waals surface area contributed by atoms with Crippen molar-refractivity contribution in [3.8, 4) is 0 Å². The van der Waals surface area contributed by atoms with E-state index in [4.69, 9.17) is 0 Å². The van der Waals surface area contributed by atoms with Crippen LogP contribution in [0.5, 0.6) is 0 Å². The zero-order chi connectivity index (χ0) is 14.2. The van der Waals surface area contributed by atoms with Crippen molar-refractivity contribution in [2.75, 3.05) is 26.2 Å². The zero-order valence-corrected chi connectivity index (χ0v) is 13.9. The first kappa shape index (κ1) is 16.3. The van der Waals surface area contributed by atoms with Gasteiger partial charge in [-0.1, -0.05) is 39.5 Å². The number of rotatable bonds is 9. The Morgan fingerprint density at radius 2 is 1.15 bits per heavy atom. The van der Waals surface area contributed by atoms with Gasteiger partial charge in [0, 0.05) is 12.1 Å². The van der Waals surface area contributed by atoms with E-state index in [0.29, 0.717) is 0 Å². The first-order chi connectivity index (χ1) is 9.86. The third kappa shape index (κ3) is 4.46. The molecular formula is C18H36N2. The molecule has 2 aliphatic heterocycles. The van der Waals surface area contributed by atoms with Gasteiger partial charge in [-0.05, 0) is 64.7 Å². The van der Waals surface area contributed by atoms with E-state index in [1.807, 2.05) is 0 Å². The summed E-state index contributed by atoms with van der Waals surface area (Å²) >= 11 is 0. The highest BCUT2D eigenvalue weighted by atomic mass is 15.3. The molecule has 2 nitrogen and oxygen atoms in total. The van der Waals surface area contributed by atoms with E-state index in [0.717, 1.165) is 12.1 Å². The minimum absolute atomic E-state index is 0.885. The molecule has 118 valence electrons. The Balaban J connectivity index is 1.80. The Hall–Kier alpha value is -0.0800. The molecule has 0 aliphatic carbocycles. The molecule has 20 heavy (non-hydrogen) atoms. The molecule has 0 aromatic heterocycles. The van der Waals surface area contributed by atoms with Gasteiger partial charge in [-0.3, -0.25) is 9.80 Å². The van der Waals surface area contributed by atoms with Gasteiger partial charge in [0.05, 0.1) is 0 Å². The van der Waals surface area contributed by atoms with Gasteiger partial charge in [0.25, 0.3) is 0 Å². The van der Waals surface area contributed by atoms with Gasteiger partial charge in [-0.15, -0.1) is 0 Å². The lowest BCUT2D eigenvalue weighted by Gasteiger charge is -2.35. The van der Waals surface area contributed by atoms with Crippen LogP contribution in [-0.4, -0.2) is 48.1 Å². The summed E-state index contributed by atoms with van der Waals surface area (Å²) in [4.78, 5) is 5.66. The van der Waals surface area contributed by atoms with Crippen LogP contribution in [-0.2, 0) is 0 Å².